The zero-order valence-electron chi connectivity index (χ0n) is 19.5. The smallest absolute Gasteiger partial charge is 0.419 e. The first-order valence-electron chi connectivity index (χ1n) is 11.3. The van der Waals surface area contributed by atoms with Crippen LogP contribution in [0.25, 0.3) is 10.8 Å². The SMILES string of the molecule is CS(=O)(=O)NCC(O)c1cc(F)c(CNC2CC(Oc3ccc(F)c(C(F)(F)F)c3)C2)c2ccncc12. The van der Waals surface area contributed by atoms with Crippen LogP contribution in [0.15, 0.2) is 42.7 Å². The molecule has 0 bridgehead atoms. The zero-order valence-corrected chi connectivity index (χ0v) is 20.3. The van der Waals surface area contributed by atoms with E-state index in [2.05, 4.69) is 15.0 Å². The molecule has 7 nitrogen and oxygen atoms in total. The number of nitrogens with one attached hydrogen (secondary N) is 2. The molecule has 1 aromatic heterocycles. The van der Waals surface area contributed by atoms with Crippen LogP contribution in [0.2, 0.25) is 0 Å². The summed E-state index contributed by atoms with van der Waals surface area (Å²) in [5, 5.41) is 14.6. The molecule has 3 aromatic rings. The second-order valence-electron chi connectivity index (χ2n) is 8.91. The Morgan fingerprint density at radius 2 is 1.86 bits per heavy atom. The molecule has 0 spiro atoms. The van der Waals surface area contributed by atoms with E-state index in [0.29, 0.717) is 41.3 Å². The number of fused-ring (bicyclic) bond motifs is 1. The van der Waals surface area contributed by atoms with E-state index in [4.69, 9.17) is 4.74 Å². The molecule has 2 aromatic carbocycles. The molecule has 1 aliphatic rings. The van der Waals surface area contributed by atoms with Gasteiger partial charge in [-0.05, 0) is 54.1 Å². The van der Waals surface area contributed by atoms with Crippen molar-refractivity contribution in [3.05, 3.63) is 71.1 Å². The number of rotatable bonds is 9. The molecule has 0 saturated heterocycles. The van der Waals surface area contributed by atoms with Gasteiger partial charge in [0.2, 0.25) is 10.0 Å². The summed E-state index contributed by atoms with van der Waals surface area (Å²) < 4.78 is 97.6. The zero-order chi connectivity index (χ0) is 27.0. The van der Waals surface area contributed by atoms with Crippen molar-refractivity contribution in [3.8, 4) is 5.75 Å². The van der Waals surface area contributed by atoms with E-state index >= 15 is 4.39 Å². The number of halogens is 5. The molecule has 1 fully saturated rings. The topological polar surface area (TPSA) is 101 Å². The molecule has 0 radical (unpaired) electrons. The second-order valence-corrected chi connectivity index (χ2v) is 10.7. The largest absolute Gasteiger partial charge is 0.490 e. The van der Waals surface area contributed by atoms with Crippen molar-refractivity contribution in [2.24, 2.45) is 0 Å². The number of sulfonamides is 1. The van der Waals surface area contributed by atoms with Crippen molar-refractivity contribution in [2.45, 2.75) is 43.8 Å². The molecule has 37 heavy (non-hydrogen) atoms. The van der Waals surface area contributed by atoms with Gasteiger partial charge in [0.1, 0.15) is 23.5 Å². The van der Waals surface area contributed by atoms with E-state index in [0.717, 1.165) is 18.4 Å². The Morgan fingerprint density at radius 3 is 2.54 bits per heavy atom. The molecule has 4 rings (SSSR count). The van der Waals surface area contributed by atoms with Gasteiger partial charge >= 0.3 is 6.18 Å². The van der Waals surface area contributed by atoms with Crippen LogP contribution in [0.5, 0.6) is 5.75 Å². The number of pyridine rings is 1. The number of ether oxygens (including phenoxy) is 1. The number of aromatic nitrogens is 1. The monoisotopic (exact) mass is 545 g/mol. The van der Waals surface area contributed by atoms with E-state index in [9.17, 15) is 31.1 Å². The Kier molecular flexibility index (Phi) is 7.70. The van der Waals surface area contributed by atoms with E-state index in [1.54, 1.807) is 6.07 Å². The molecule has 1 unspecified atom stereocenters. The summed E-state index contributed by atoms with van der Waals surface area (Å²) in [5.74, 6) is -2.05. The van der Waals surface area contributed by atoms with Gasteiger partial charge in [0.15, 0.2) is 0 Å². The summed E-state index contributed by atoms with van der Waals surface area (Å²) in [6, 6.07) is 5.14. The number of aliphatic hydroxyl groups excluding tert-OH is 1. The third-order valence-electron chi connectivity index (χ3n) is 6.13. The lowest BCUT2D eigenvalue weighted by atomic mass is 9.88. The Labute approximate surface area is 209 Å². The summed E-state index contributed by atoms with van der Waals surface area (Å²) in [6.45, 7) is -0.210. The molecule has 0 amide bonds. The van der Waals surface area contributed by atoms with Gasteiger partial charge in [0.25, 0.3) is 0 Å². The highest BCUT2D eigenvalue weighted by molar-refractivity contribution is 7.88. The van der Waals surface area contributed by atoms with Gasteiger partial charge in [-0.1, -0.05) is 0 Å². The van der Waals surface area contributed by atoms with Crippen LogP contribution in [0.4, 0.5) is 22.0 Å². The van der Waals surface area contributed by atoms with Crippen LogP contribution in [0.3, 0.4) is 0 Å². The van der Waals surface area contributed by atoms with Crippen LogP contribution < -0.4 is 14.8 Å². The first kappa shape index (κ1) is 27.2. The van der Waals surface area contributed by atoms with Crippen molar-refractivity contribution in [1.29, 1.82) is 0 Å². The number of hydrogen-bond donors (Lipinski definition) is 3. The second kappa shape index (κ2) is 10.5. The summed E-state index contributed by atoms with van der Waals surface area (Å²) >= 11 is 0. The minimum Gasteiger partial charge on any atom is -0.490 e. The fraction of sp³-hybridized carbons (Fsp3) is 0.375. The van der Waals surface area contributed by atoms with E-state index in [1.165, 1.54) is 12.4 Å². The molecule has 200 valence electrons. The molecule has 1 atom stereocenters. The Hall–Kier alpha value is -2.87. The van der Waals surface area contributed by atoms with Crippen LogP contribution in [-0.2, 0) is 22.7 Å². The molecule has 13 heteroatoms. The highest BCUT2D eigenvalue weighted by Crippen LogP contribution is 2.35. The predicted molar refractivity (Wildman–Crippen MR) is 125 cm³/mol. The molecule has 1 heterocycles. The van der Waals surface area contributed by atoms with Gasteiger partial charge in [0, 0.05) is 42.5 Å². The average molecular weight is 546 g/mol. The molecule has 1 saturated carbocycles. The molecular formula is C24H24F5N3O4S. The van der Waals surface area contributed by atoms with Gasteiger partial charge < -0.3 is 15.2 Å². The Morgan fingerprint density at radius 1 is 1.14 bits per heavy atom. The maximum absolute atomic E-state index is 15.1. The molecule has 3 N–H and O–H groups in total. The minimum absolute atomic E-state index is 0.0822. The standard InChI is InChI=1S/C24H24F5N3O4S/c1-37(34,35)32-12-23(33)17-9-22(26)19(16-4-5-30-10-18(16)17)11-31-13-6-15(7-13)36-14-2-3-21(25)20(8-14)24(27,28)29/h2-5,8-10,13,15,23,31-33H,6-7,11-12H2,1H3. The third kappa shape index (κ3) is 6.53. The van der Waals surface area contributed by atoms with Crippen LogP contribution in [0, 0.1) is 11.6 Å². The summed E-state index contributed by atoms with van der Waals surface area (Å²) in [4.78, 5) is 4.03. The predicted octanol–water partition coefficient (Wildman–Crippen LogP) is 3.81. The maximum Gasteiger partial charge on any atom is 0.419 e. The summed E-state index contributed by atoms with van der Waals surface area (Å²) in [5.41, 5.74) is -0.881. The van der Waals surface area contributed by atoms with Crippen LogP contribution >= 0.6 is 0 Å². The number of aliphatic hydroxyl groups is 1. The van der Waals surface area contributed by atoms with Crippen molar-refractivity contribution < 1.29 is 40.2 Å². The average Bonchev–Trinajstić information content (AvgIpc) is 2.79. The summed E-state index contributed by atoms with van der Waals surface area (Å²) in [6.07, 6.45) is -1.72. The normalized spacial score (nSPS) is 19.0. The lowest BCUT2D eigenvalue weighted by Crippen LogP contribution is -2.46. The van der Waals surface area contributed by atoms with Crippen molar-refractivity contribution >= 4 is 20.8 Å². The van der Waals surface area contributed by atoms with Crippen molar-refractivity contribution in [2.75, 3.05) is 12.8 Å². The lowest BCUT2D eigenvalue weighted by Gasteiger charge is -2.36. The molecular weight excluding hydrogens is 521 g/mol. The van der Waals surface area contributed by atoms with Crippen LogP contribution in [-0.4, -0.2) is 43.5 Å². The van der Waals surface area contributed by atoms with E-state index in [1.807, 2.05) is 0 Å². The first-order valence-corrected chi connectivity index (χ1v) is 13.2. The van der Waals surface area contributed by atoms with Gasteiger partial charge in [-0.25, -0.2) is 21.9 Å². The summed E-state index contributed by atoms with van der Waals surface area (Å²) in [7, 11) is -3.55. The fourth-order valence-electron chi connectivity index (χ4n) is 4.18. The number of benzene rings is 2. The van der Waals surface area contributed by atoms with E-state index < -0.39 is 39.5 Å². The fourth-order valence-corrected chi connectivity index (χ4v) is 4.64. The van der Waals surface area contributed by atoms with Gasteiger partial charge in [-0.2, -0.15) is 13.2 Å². The number of nitrogens with zero attached hydrogens (tertiary/aromatic N) is 1. The van der Waals surface area contributed by atoms with Gasteiger partial charge in [0.05, 0.1) is 17.9 Å². The highest BCUT2D eigenvalue weighted by Gasteiger charge is 2.36. The number of alkyl halides is 3. The third-order valence-corrected chi connectivity index (χ3v) is 6.82. The maximum atomic E-state index is 15.1. The van der Waals surface area contributed by atoms with E-state index in [-0.39, 0.29) is 36.5 Å². The Balaban J connectivity index is 1.40. The van der Waals surface area contributed by atoms with Gasteiger partial charge in [-0.15, -0.1) is 0 Å². The van der Waals surface area contributed by atoms with Gasteiger partial charge in [-0.3, -0.25) is 4.98 Å². The van der Waals surface area contributed by atoms with Crippen LogP contribution in [0.1, 0.15) is 35.6 Å². The van der Waals surface area contributed by atoms with Crippen molar-refractivity contribution in [1.82, 2.24) is 15.0 Å². The lowest BCUT2D eigenvalue weighted by molar-refractivity contribution is -0.140. The minimum atomic E-state index is -4.83. The highest BCUT2D eigenvalue weighted by atomic mass is 32.2. The first-order chi connectivity index (χ1) is 17.3. The number of hydrogen-bond acceptors (Lipinski definition) is 6. The van der Waals surface area contributed by atoms with Crippen molar-refractivity contribution in [3.63, 3.8) is 0 Å². The Bertz CT molecular complexity index is 1400. The molecule has 0 aliphatic heterocycles. The molecule has 1 aliphatic carbocycles. The quantitative estimate of drug-likeness (QED) is 0.354.